The van der Waals surface area contributed by atoms with Crippen molar-refractivity contribution in [2.75, 3.05) is 34.2 Å². The highest BCUT2D eigenvalue weighted by Gasteiger charge is 2.14. The van der Waals surface area contributed by atoms with Gasteiger partial charge in [0, 0.05) is 37.6 Å². The van der Waals surface area contributed by atoms with E-state index in [0.29, 0.717) is 6.54 Å². The van der Waals surface area contributed by atoms with Crippen molar-refractivity contribution >= 4 is 17.3 Å². The molecule has 0 aliphatic rings. The lowest BCUT2D eigenvalue weighted by Crippen LogP contribution is -2.42. The lowest BCUT2D eigenvalue weighted by Gasteiger charge is -2.26. The fourth-order valence-corrected chi connectivity index (χ4v) is 3.47. The number of halogens is 1. The first-order chi connectivity index (χ1) is 12.5. The van der Waals surface area contributed by atoms with Crippen LogP contribution in [0.25, 0.3) is 0 Å². The van der Waals surface area contributed by atoms with Crippen molar-refractivity contribution in [3.05, 3.63) is 51.7 Å². The van der Waals surface area contributed by atoms with Crippen molar-refractivity contribution in [2.45, 2.75) is 25.8 Å². The summed E-state index contributed by atoms with van der Waals surface area (Å²) in [7, 11) is 5.79. The molecule has 26 heavy (non-hydrogen) atoms. The number of aliphatic imine (C=N–C) groups is 1. The van der Waals surface area contributed by atoms with Crippen LogP contribution in [0, 0.1) is 5.82 Å². The van der Waals surface area contributed by atoms with E-state index in [0.717, 1.165) is 35.9 Å². The first kappa shape index (κ1) is 20.3. The van der Waals surface area contributed by atoms with Crippen LogP contribution in [-0.4, -0.2) is 50.1 Å². The lowest BCUT2D eigenvalue weighted by atomic mass is 10.1. The Hall–Kier alpha value is -1.99. The van der Waals surface area contributed by atoms with E-state index in [1.807, 2.05) is 32.4 Å². The summed E-state index contributed by atoms with van der Waals surface area (Å²) < 4.78 is 13.2. The number of hydrogen-bond acceptors (Lipinski definition) is 4. The molecule has 0 spiro atoms. The predicted molar refractivity (Wildman–Crippen MR) is 107 cm³/mol. The molecule has 7 heteroatoms. The molecular weight excluding hydrogens is 349 g/mol. The number of rotatable bonds is 8. The second kappa shape index (κ2) is 10.2. The van der Waals surface area contributed by atoms with Gasteiger partial charge in [-0.3, -0.25) is 4.99 Å². The van der Waals surface area contributed by atoms with Gasteiger partial charge in [-0.05, 0) is 38.2 Å². The number of guanidine groups is 1. The number of benzene rings is 1. The van der Waals surface area contributed by atoms with Crippen LogP contribution in [0.3, 0.4) is 0 Å². The molecule has 0 bridgehead atoms. The number of aryl methyl sites for hydroxylation is 1. The molecule has 0 fully saturated rings. The largest absolute Gasteiger partial charge is 0.356 e. The Morgan fingerprint density at radius 2 is 2.00 bits per heavy atom. The summed E-state index contributed by atoms with van der Waals surface area (Å²) in [6, 6.07) is 6.77. The van der Waals surface area contributed by atoms with Crippen LogP contribution in [0.5, 0.6) is 0 Å². The molecule has 0 amide bonds. The van der Waals surface area contributed by atoms with Crippen molar-refractivity contribution in [3.8, 4) is 0 Å². The van der Waals surface area contributed by atoms with Crippen LogP contribution in [-0.2, 0) is 12.8 Å². The number of nitrogens with zero attached hydrogens (tertiary/aromatic N) is 3. The van der Waals surface area contributed by atoms with Crippen LogP contribution in [0.15, 0.2) is 35.5 Å². The summed E-state index contributed by atoms with van der Waals surface area (Å²) in [4.78, 5) is 12.1. The maximum absolute atomic E-state index is 13.2. The molecule has 2 N–H and O–H groups in total. The molecule has 0 aliphatic carbocycles. The van der Waals surface area contributed by atoms with Crippen LogP contribution in [0.2, 0.25) is 0 Å². The van der Waals surface area contributed by atoms with E-state index < -0.39 is 0 Å². The van der Waals surface area contributed by atoms with Crippen molar-refractivity contribution in [1.82, 2.24) is 20.5 Å². The standard InChI is InChI=1S/C19H28FN5S/c1-5-16-12-23-18(26-16)10-11-22-19(21-2)24-13-17(25(3)4)14-6-8-15(20)9-7-14/h6-9,12,17H,5,10-11,13H2,1-4H3,(H2,21,22,24). The van der Waals surface area contributed by atoms with Gasteiger partial charge in [-0.15, -0.1) is 11.3 Å². The molecular formula is C19H28FN5S. The van der Waals surface area contributed by atoms with Crippen molar-refractivity contribution < 1.29 is 4.39 Å². The zero-order valence-electron chi connectivity index (χ0n) is 15.9. The van der Waals surface area contributed by atoms with Gasteiger partial charge >= 0.3 is 0 Å². The van der Waals surface area contributed by atoms with Gasteiger partial charge in [-0.25, -0.2) is 9.37 Å². The average Bonchev–Trinajstić information content (AvgIpc) is 3.09. The highest BCUT2D eigenvalue weighted by molar-refractivity contribution is 7.11. The van der Waals surface area contributed by atoms with Crippen LogP contribution >= 0.6 is 11.3 Å². The SMILES string of the molecule is CCc1cnc(CCNC(=NC)NCC(c2ccc(F)cc2)N(C)C)s1. The van der Waals surface area contributed by atoms with Crippen molar-refractivity contribution in [1.29, 1.82) is 0 Å². The molecule has 0 radical (unpaired) electrons. The summed E-state index contributed by atoms with van der Waals surface area (Å²) in [6.07, 6.45) is 3.86. The van der Waals surface area contributed by atoms with E-state index in [2.05, 4.69) is 32.4 Å². The molecule has 142 valence electrons. The molecule has 0 aliphatic heterocycles. The zero-order valence-corrected chi connectivity index (χ0v) is 16.7. The maximum Gasteiger partial charge on any atom is 0.191 e. The molecule has 0 saturated carbocycles. The van der Waals surface area contributed by atoms with Gasteiger partial charge in [0.15, 0.2) is 5.96 Å². The second-order valence-corrected chi connectivity index (χ2v) is 7.43. The Morgan fingerprint density at radius 3 is 2.58 bits per heavy atom. The molecule has 0 saturated heterocycles. The predicted octanol–water partition coefficient (Wildman–Crippen LogP) is 2.86. The van der Waals surface area contributed by atoms with Gasteiger partial charge in [0.2, 0.25) is 0 Å². The number of hydrogen-bond donors (Lipinski definition) is 2. The topological polar surface area (TPSA) is 52.6 Å². The smallest absolute Gasteiger partial charge is 0.191 e. The van der Waals surface area contributed by atoms with Crippen LogP contribution in [0.1, 0.15) is 28.4 Å². The summed E-state index contributed by atoms with van der Waals surface area (Å²) >= 11 is 1.76. The zero-order chi connectivity index (χ0) is 18.9. The molecule has 5 nitrogen and oxygen atoms in total. The number of aromatic nitrogens is 1. The second-order valence-electron chi connectivity index (χ2n) is 6.23. The Balaban J connectivity index is 1.84. The number of nitrogens with one attached hydrogen (secondary N) is 2. The summed E-state index contributed by atoms with van der Waals surface area (Å²) in [5.74, 6) is 0.538. The maximum atomic E-state index is 13.2. The van der Waals surface area contributed by atoms with Gasteiger partial charge in [-0.2, -0.15) is 0 Å². The van der Waals surface area contributed by atoms with Gasteiger partial charge < -0.3 is 15.5 Å². The number of likely N-dealkylation sites (N-methyl/N-ethyl adjacent to an activating group) is 1. The first-order valence-electron chi connectivity index (χ1n) is 8.83. The van der Waals surface area contributed by atoms with Gasteiger partial charge in [0.05, 0.1) is 11.0 Å². The minimum atomic E-state index is -0.217. The summed E-state index contributed by atoms with van der Waals surface area (Å²) in [6.45, 7) is 3.60. The Kier molecular flexibility index (Phi) is 8.00. The third kappa shape index (κ3) is 6.07. The molecule has 1 aromatic carbocycles. The van der Waals surface area contributed by atoms with Crippen LogP contribution in [0.4, 0.5) is 4.39 Å². The first-order valence-corrected chi connectivity index (χ1v) is 9.65. The van der Waals surface area contributed by atoms with E-state index >= 15 is 0 Å². The van der Waals surface area contributed by atoms with Gasteiger partial charge in [-0.1, -0.05) is 19.1 Å². The summed E-state index contributed by atoms with van der Waals surface area (Å²) in [5, 5.41) is 7.82. The fraction of sp³-hybridized carbons (Fsp3) is 0.474. The van der Waals surface area contributed by atoms with E-state index in [1.54, 1.807) is 18.4 Å². The minimum Gasteiger partial charge on any atom is -0.356 e. The van der Waals surface area contributed by atoms with E-state index in [-0.39, 0.29) is 11.9 Å². The third-order valence-corrected chi connectivity index (χ3v) is 5.35. The molecule has 1 unspecified atom stereocenters. The summed E-state index contributed by atoms with van der Waals surface area (Å²) in [5.41, 5.74) is 1.06. The van der Waals surface area contributed by atoms with Gasteiger partial charge in [0.25, 0.3) is 0 Å². The van der Waals surface area contributed by atoms with E-state index in [9.17, 15) is 4.39 Å². The van der Waals surface area contributed by atoms with E-state index in [4.69, 9.17) is 0 Å². The molecule has 1 atom stereocenters. The highest BCUT2D eigenvalue weighted by atomic mass is 32.1. The average molecular weight is 378 g/mol. The Labute approximate surface area is 159 Å². The molecule has 1 heterocycles. The molecule has 2 aromatic rings. The number of thiazole rings is 1. The highest BCUT2D eigenvalue weighted by Crippen LogP contribution is 2.17. The van der Waals surface area contributed by atoms with Gasteiger partial charge in [0.1, 0.15) is 5.82 Å². The third-order valence-electron chi connectivity index (χ3n) is 4.15. The Bertz CT molecular complexity index is 696. The fourth-order valence-electron chi connectivity index (χ4n) is 2.61. The quantitative estimate of drug-likeness (QED) is 0.549. The molecule has 1 aromatic heterocycles. The van der Waals surface area contributed by atoms with Crippen molar-refractivity contribution in [2.24, 2.45) is 4.99 Å². The molecule has 2 rings (SSSR count). The van der Waals surface area contributed by atoms with E-state index in [1.165, 1.54) is 17.0 Å². The Morgan fingerprint density at radius 1 is 1.27 bits per heavy atom. The minimum absolute atomic E-state index is 0.125. The lowest BCUT2D eigenvalue weighted by molar-refractivity contribution is 0.298. The normalized spacial score (nSPS) is 13.1. The monoisotopic (exact) mass is 377 g/mol. The van der Waals surface area contributed by atoms with Crippen molar-refractivity contribution in [3.63, 3.8) is 0 Å². The van der Waals surface area contributed by atoms with Crippen LogP contribution < -0.4 is 10.6 Å².